The first-order valence-electron chi connectivity index (χ1n) is 6.45. The van der Waals surface area contributed by atoms with Gasteiger partial charge in [-0.05, 0) is 13.3 Å². The van der Waals surface area contributed by atoms with Crippen molar-refractivity contribution in [2.75, 3.05) is 39.9 Å². The number of piperazine rings is 1. The molecule has 2 rings (SSSR count). The molecule has 98 valence electrons. The maximum absolute atomic E-state index is 12.2. The predicted octanol–water partition coefficient (Wildman–Crippen LogP) is -0.569. The summed E-state index contributed by atoms with van der Waals surface area (Å²) in [5, 5.41) is 6.65. The lowest BCUT2D eigenvalue weighted by Crippen LogP contribution is -2.59. The summed E-state index contributed by atoms with van der Waals surface area (Å²) in [4.78, 5) is 14.2. The van der Waals surface area contributed by atoms with Crippen LogP contribution in [0.5, 0.6) is 0 Å². The van der Waals surface area contributed by atoms with Crippen molar-refractivity contribution in [2.24, 2.45) is 5.92 Å². The third kappa shape index (κ3) is 3.18. The number of likely N-dealkylation sites (tertiary alicyclic amines) is 1. The van der Waals surface area contributed by atoms with Gasteiger partial charge in [-0.25, -0.2) is 0 Å². The molecule has 0 spiro atoms. The first kappa shape index (κ1) is 12.8. The van der Waals surface area contributed by atoms with E-state index in [0.717, 1.165) is 39.2 Å². The Morgan fingerprint density at radius 1 is 1.41 bits per heavy atom. The van der Waals surface area contributed by atoms with Crippen molar-refractivity contribution in [3.05, 3.63) is 0 Å². The summed E-state index contributed by atoms with van der Waals surface area (Å²) in [6, 6.07) is 0.409. The number of carbonyl (C=O) groups excluding carboxylic acids is 1. The van der Waals surface area contributed by atoms with Gasteiger partial charge < -0.3 is 20.3 Å². The van der Waals surface area contributed by atoms with Crippen LogP contribution in [0.3, 0.4) is 0 Å². The van der Waals surface area contributed by atoms with Gasteiger partial charge in [-0.1, -0.05) is 0 Å². The molecular formula is C12H23N3O2. The largest absolute Gasteiger partial charge is 0.384 e. The van der Waals surface area contributed by atoms with Gasteiger partial charge in [0, 0.05) is 45.2 Å². The Balaban J connectivity index is 1.80. The first-order chi connectivity index (χ1) is 8.20. The van der Waals surface area contributed by atoms with E-state index in [2.05, 4.69) is 17.6 Å². The van der Waals surface area contributed by atoms with Gasteiger partial charge in [-0.2, -0.15) is 0 Å². The van der Waals surface area contributed by atoms with Crippen LogP contribution in [0, 0.1) is 5.92 Å². The number of hydrogen-bond donors (Lipinski definition) is 2. The van der Waals surface area contributed by atoms with Crippen LogP contribution >= 0.6 is 0 Å². The monoisotopic (exact) mass is 241 g/mol. The van der Waals surface area contributed by atoms with E-state index in [1.807, 2.05) is 4.90 Å². The van der Waals surface area contributed by atoms with Crippen LogP contribution in [0.15, 0.2) is 0 Å². The molecule has 2 N–H and O–H groups in total. The zero-order chi connectivity index (χ0) is 12.3. The molecule has 17 heavy (non-hydrogen) atoms. The molecule has 5 nitrogen and oxygen atoms in total. The van der Waals surface area contributed by atoms with Crippen LogP contribution in [0.25, 0.3) is 0 Å². The fourth-order valence-electron chi connectivity index (χ4n) is 2.58. The van der Waals surface area contributed by atoms with Gasteiger partial charge in [0.15, 0.2) is 0 Å². The van der Waals surface area contributed by atoms with Gasteiger partial charge >= 0.3 is 0 Å². The second-order valence-corrected chi connectivity index (χ2v) is 5.16. The number of nitrogens with one attached hydrogen (secondary N) is 2. The zero-order valence-electron chi connectivity index (χ0n) is 10.7. The standard InChI is InChI=1S/C12H23N3O2/c1-9-5-14-11(6-13-9)12(16)15-4-3-10(7-15)8-17-2/h9-11,13-14H,3-8H2,1-2H3. The molecule has 2 aliphatic rings. The Kier molecular flexibility index (Phi) is 4.36. The summed E-state index contributed by atoms with van der Waals surface area (Å²) >= 11 is 0. The molecule has 0 radical (unpaired) electrons. The van der Waals surface area contributed by atoms with Gasteiger partial charge in [0.2, 0.25) is 5.91 Å². The molecule has 0 aromatic heterocycles. The third-order valence-corrected chi connectivity index (χ3v) is 3.64. The van der Waals surface area contributed by atoms with E-state index in [-0.39, 0.29) is 11.9 Å². The molecule has 3 unspecified atom stereocenters. The van der Waals surface area contributed by atoms with Gasteiger partial charge in [-0.15, -0.1) is 0 Å². The lowest BCUT2D eigenvalue weighted by Gasteiger charge is -2.31. The zero-order valence-corrected chi connectivity index (χ0v) is 10.7. The molecule has 0 bridgehead atoms. The van der Waals surface area contributed by atoms with E-state index in [4.69, 9.17) is 4.74 Å². The highest BCUT2D eigenvalue weighted by Crippen LogP contribution is 2.17. The fraction of sp³-hybridized carbons (Fsp3) is 0.917. The van der Waals surface area contributed by atoms with Crippen LogP contribution in [-0.2, 0) is 9.53 Å². The maximum atomic E-state index is 12.2. The SMILES string of the molecule is COCC1CCN(C(=O)C2CNC(C)CN2)C1. The number of amides is 1. The number of carbonyl (C=O) groups is 1. The number of ether oxygens (including phenoxy) is 1. The molecule has 2 saturated heterocycles. The highest BCUT2D eigenvalue weighted by atomic mass is 16.5. The molecule has 5 heteroatoms. The van der Waals surface area contributed by atoms with Crippen molar-refractivity contribution >= 4 is 5.91 Å². The van der Waals surface area contributed by atoms with Gasteiger partial charge in [0.05, 0.1) is 12.6 Å². The summed E-state index contributed by atoms with van der Waals surface area (Å²) in [7, 11) is 1.72. The van der Waals surface area contributed by atoms with E-state index in [1.165, 1.54) is 0 Å². The second kappa shape index (κ2) is 5.80. The summed E-state index contributed by atoms with van der Waals surface area (Å²) in [6.45, 7) is 6.22. The number of nitrogens with zero attached hydrogens (tertiary/aromatic N) is 1. The van der Waals surface area contributed by atoms with Crippen molar-refractivity contribution < 1.29 is 9.53 Å². The summed E-state index contributed by atoms with van der Waals surface area (Å²) in [5.41, 5.74) is 0. The van der Waals surface area contributed by atoms with E-state index in [9.17, 15) is 4.79 Å². The normalized spacial score (nSPS) is 34.0. The lowest BCUT2D eigenvalue weighted by atomic mass is 10.1. The molecule has 0 aromatic rings. The Bertz CT molecular complexity index is 264. The van der Waals surface area contributed by atoms with E-state index in [1.54, 1.807) is 7.11 Å². The van der Waals surface area contributed by atoms with Crippen LogP contribution in [-0.4, -0.2) is 62.8 Å². The van der Waals surface area contributed by atoms with Crippen LogP contribution in [0.2, 0.25) is 0 Å². The molecule has 0 aliphatic carbocycles. The Hall–Kier alpha value is -0.650. The van der Waals surface area contributed by atoms with E-state index >= 15 is 0 Å². The maximum Gasteiger partial charge on any atom is 0.241 e. The quantitative estimate of drug-likeness (QED) is 0.695. The molecular weight excluding hydrogens is 218 g/mol. The predicted molar refractivity (Wildman–Crippen MR) is 65.8 cm³/mol. The van der Waals surface area contributed by atoms with E-state index < -0.39 is 0 Å². The first-order valence-corrected chi connectivity index (χ1v) is 6.45. The Morgan fingerprint density at radius 2 is 2.24 bits per heavy atom. The topological polar surface area (TPSA) is 53.6 Å². The van der Waals surface area contributed by atoms with Gasteiger partial charge in [-0.3, -0.25) is 4.79 Å². The van der Waals surface area contributed by atoms with E-state index in [0.29, 0.717) is 12.0 Å². The third-order valence-electron chi connectivity index (χ3n) is 3.64. The van der Waals surface area contributed by atoms with Crippen LogP contribution < -0.4 is 10.6 Å². The number of hydrogen-bond acceptors (Lipinski definition) is 4. The minimum absolute atomic E-state index is 0.0486. The van der Waals surface area contributed by atoms with Crippen LogP contribution in [0.4, 0.5) is 0 Å². The summed E-state index contributed by atoms with van der Waals surface area (Å²) < 4.78 is 5.15. The minimum atomic E-state index is -0.0486. The van der Waals surface area contributed by atoms with Crippen molar-refractivity contribution in [2.45, 2.75) is 25.4 Å². The van der Waals surface area contributed by atoms with Crippen molar-refractivity contribution in [1.29, 1.82) is 0 Å². The molecule has 0 saturated carbocycles. The molecule has 1 amide bonds. The fourth-order valence-corrected chi connectivity index (χ4v) is 2.58. The molecule has 2 heterocycles. The summed E-state index contributed by atoms with van der Waals surface area (Å²) in [5.74, 6) is 0.752. The number of rotatable bonds is 3. The average molecular weight is 241 g/mol. The highest BCUT2D eigenvalue weighted by Gasteiger charge is 2.32. The summed E-state index contributed by atoms with van der Waals surface area (Å²) in [6.07, 6.45) is 1.07. The van der Waals surface area contributed by atoms with Gasteiger partial charge in [0.1, 0.15) is 0 Å². The van der Waals surface area contributed by atoms with Crippen molar-refractivity contribution in [3.8, 4) is 0 Å². The number of methoxy groups -OCH3 is 1. The van der Waals surface area contributed by atoms with Crippen LogP contribution in [0.1, 0.15) is 13.3 Å². The molecule has 2 fully saturated rings. The Morgan fingerprint density at radius 3 is 2.88 bits per heavy atom. The second-order valence-electron chi connectivity index (χ2n) is 5.16. The lowest BCUT2D eigenvalue weighted by molar-refractivity contribution is -0.132. The molecule has 3 atom stereocenters. The van der Waals surface area contributed by atoms with Gasteiger partial charge in [0.25, 0.3) is 0 Å². The van der Waals surface area contributed by atoms with Crippen molar-refractivity contribution in [3.63, 3.8) is 0 Å². The highest BCUT2D eigenvalue weighted by molar-refractivity contribution is 5.82. The van der Waals surface area contributed by atoms with Crippen molar-refractivity contribution in [1.82, 2.24) is 15.5 Å². The molecule has 2 aliphatic heterocycles. The smallest absolute Gasteiger partial charge is 0.241 e. The average Bonchev–Trinajstić information content (AvgIpc) is 2.78. The Labute approximate surface area is 103 Å². The minimum Gasteiger partial charge on any atom is -0.384 e. The molecule has 0 aromatic carbocycles.